The summed E-state index contributed by atoms with van der Waals surface area (Å²) in [7, 11) is 0. The first kappa shape index (κ1) is 12.8. The van der Waals surface area contributed by atoms with Gasteiger partial charge in [-0.2, -0.15) is 0 Å². The summed E-state index contributed by atoms with van der Waals surface area (Å²) in [6.07, 6.45) is 0. The van der Waals surface area contributed by atoms with Crippen LogP contribution < -0.4 is 0 Å². The van der Waals surface area contributed by atoms with Gasteiger partial charge in [0.05, 0.1) is 14.9 Å². The first-order valence-electron chi connectivity index (χ1n) is 5.28. The molecule has 2 aromatic rings. The van der Waals surface area contributed by atoms with Crippen LogP contribution in [0.5, 0.6) is 0 Å². The number of thiophene rings is 1. The van der Waals surface area contributed by atoms with E-state index in [4.69, 9.17) is 23.2 Å². The van der Waals surface area contributed by atoms with E-state index < -0.39 is 0 Å². The minimum atomic E-state index is 0.252. The van der Waals surface area contributed by atoms with Gasteiger partial charge in [-0.3, -0.25) is 0 Å². The Morgan fingerprint density at radius 1 is 1.18 bits per heavy atom. The van der Waals surface area contributed by atoms with Crippen molar-refractivity contribution < 1.29 is 0 Å². The molecule has 0 amide bonds. The Bertz CT molecular complexity index is 549. The van der Waals surface area contributed by atoms with Crippen LogP contribution in [0.3, 0.4) is 0 Å². The fraction of sp³-hybridized carbons (Fsp3) is 0.333. The molecule has 0 saturated heterocycles. The van der Waals surface area contributed by atoms with Gasteiger partial charge in [0.1, 0.15) is 11.0 Å². The van der Waals surface area contributed by atoms with Gasteiger partial charge in [-0.05, 0) is 19.1 Å². The zero-order valence-corrected chi connectivity index (χ0v) is 12.1. The van der Waals surface area contributed by atoms with Crippen molar-refractivity contribution in [2.24, 2.45) is 0 Å². The first-order valence-corrected chi connectivity index (χ1v) is 6.86. The third-order valence-electron chi connectivity index (χ3n) is 2.43. The second-order valence-corrected chi connectivity index (χ2v) is 6.18. The number of aromatic nitrogens is 2. The minimum absolute atomic E-state index is 0.252. The maximum Gasteiger partial charge on any atom is 0.136 e. The van der Waals surface area contributed by atoms with Crippen molar-refractivity contribution in [3.05, 3.63) is 33.0 Å². The van der Waals surface area contributed by atoms with E-state index in [0.717, 1.165) is 26.3 Å². The van der Waals surface area contributed by atoms with Crippen molar-refractivity contribution in [2.45, 2.75) is 26.7 Å². The number of hydrogen-bond donors (Lipinski definition) is 0. The molecule has 0 spiro atoms. The van der Waals surface area contributed by atoms with E-state index in [1.165, 1.54) is 11.3 Å². The van der Waals surface area contributed by atoms with Crippen molar-refractivity contribution >= 4 is 34.5 Å². The molecule has 0 aliphatic carbocycles. The van der Waals surface area contributed by atoms with Crippen molar-refractivity contribution in [1.29, 1.82) is 0 Å². The molecule has 0 atom stereocenters. The van der Waals surface area contributed by atoms with Crippen LogP contribution in [0.15, 0.2) is 12.1 Å². The van der Waals surface area contributed by atoms with Crippen LogP contribution in [0.2, 0.25) is 9.49 Å². The molecule has 0 N–H and O–H groups in total. The predicted octanol–water partition coefficient (Wildman–Crippen LogP) is 4.94. The summed E-state index contributed by atoms with van der Waals surface area (Å²) >= 11 is 13.6. The van der Waals surface area contributed by atoms with Crippen LogP contribution in [0.4, 0.5) is 0 Å². The SMILES string of the molecule is Cc1c(Cl)nc(C(C)C)nc1-c1ccc(Cl)s1. The minimum Gasteiger partial charge on any atom is -0.231 e. The molecule has 17 heavy (non-hydrogen) atoms. The maximum absolute atomic E-state index is 6.14. The Morgan fingerprint density at radius 3 is 2.41 bits per heavy atom. The highest BCUT2D eigenvalue weighted by molar-refractivity contribution is 7.19. The standard InChI is InChI=1S/C12H12Cl2N2S/c1-6(2)12-15-10(7(3)11(14)16-12)8-4-5-9(13)17-8/h4-6H,1-3H3. The third-order valence-corrected chi connectivity index (χ3v) is 4.03. The predicted molar refractivity (Wildman–Crippen MR) is 74.2 cm³/mol. The first-order chi connectivity index (χ1) is 7.99. The van der Waals surface area contributed by atoms with Gasteiger partial charge in [-0.15, -0.1) is 11.3 Å². The molecule has 5 heteroatoms. The van der Waals surface area contributed by atoms with Gasteiger partial charge in [0.2, 0.25) is 0 Å². The molecule has 0 radical (unpaired) electrons. The van der Waals surface area contributed by atoms with Crippen LogP contribution >= 0.6 is 34.5 Å². The number of hydrogen-bond acceptors (Lipinski definition) is 3. The van der Waals surface area contributed by atoms with E-state index in [9.17, 15) is 0 Å². The van der Waals surface area contributed by atoms with Crippen LogP contribution in [-0.2, 0) is 0 Å². The van der Waals surface area contributed by atoms with Crippen molar-refractivity contribution in [2.75, 3.05) is 0 Å². The highest BCUT2D eigenvalue weighted by Gasteiger charge is 2.14. The van der Waals surface area contributed by atoms with E-state index in [0.29, 0.717) is 5.15 Å². The summed E-state index contributed by atoms with van der Waals surface area (Å²) in [5, 5.41) is 0.517. The Hall–Kier alpha value is -0.640. The maximum atomic E-state index is 6.14. The highest BCUT2D eigenvalue weighted by Crippen LogP contribution is 2.34. The van der Waals surface area contributed by atoms with Gasteiger partial charge in [0, 0.05) is 11.5 Å². The van der Waals surface area contributed by atoms with Crippen LogP contribution in [0.1, 0.15) is 31.2 Å². The highest BCUT2D eigenvalue weighted by atomic mass is 35.5. The van der Waals surface area contributed by atoms with Gasteiger partial charge in [-0.1, -0.05) is 37.0 Å². The van der Waals surface area contributed by atoms with Crippen LogP contribution in [0.25, 0.3) is 10.6 Å². The fourth-order valence-corrected chi connectivity index (χ4v) is 2.71. The summed E-state index contributed by atoms with van der Waals surface area (Å²) in [6, 6.07) is 3.83. The molecule has 90 valence electrons. The van der Waals surface area contributed by atoms with Gasteiger partial charge in [0.15, 0.2) is 0 Å². The molecule has 2 heterocycles. The second-order valence-electron chi connectivity index (χ2n) is 4.10. The van der Waals surface area contributed by atoms with Gasteiger partial charge in [-0.25, -0.2) is 9.97 Å². The fourth-order valence-electron chi connectivity index (χ4n) is 1.45. The monoisotopic (exact) mass is 286 g/mol. The normalized spacial score (nSPS) is 11.2. The van der Waals surface area contributed by atoms with Gasteiger partial charge in [0.25, 0.3) is 0 Å². The summed E-state index contributed by atoms with van der Waals surface area (Å²) in [5.41, 5.74) is 1.78. The Kier molecular flexibility index (Phi) is 3.71. The molecule has 0 bridgehead atoms. The zero-order valence-electron chi connectivity index (χ0n) is 9.79. The van der Waals surface area contributed by atoms with E-state index in [2.05, 4.69) is 9.97 Å². The molecule has 2 nitrogen and oxygen atoms in total. The molecule has 0 unspecified atom stereocenters. The Labute approximate surface area is 115 Å². The van der Waals surface area contributed by atoms with E-state index >= 15 is 0 Å². The van der Waals surface area contributed by atoms with Gasteiger partial charge < -0.3 is 0 Å². The molecule has 0 fully saturated rings. The van der Waals surface area contributed by atoms with Crippen molar-refractivity contribution in [3.63, 3.8) is 0 Å². The Morgan fingerprint density at radius 2 is 1.88 bits per heavy atom. The zero-order chi connectivity index (χ0) is 12.6. The lowest BCUT2D eigenvalue weighted by Crippen LogP contribution is -2.01. The molecular weight excluding hydrogens is 275 g/mol. The number of nitrogens with zero attached hydrogens (tertiary/aromatic N) is 2. The van der Waals surface area contributed by atoms with Crippen molar-refractivity contribution in [3.8, 4) is 10.6 Å². The Balaban J connectivity index is 2.60. The van der Waals surface area contributed by atoms with Gasteiger partial charge >= 0.3 is 0 Å². The molecular formula is C12H12Cl2N2S. The lowest BCUT2D eigenvalue weighted by Gasteiger charge is -2.09. The largest absolute Gasteiger partial charge is 0.231 e. The molecule has 0 aliphatic rings. The van der Waals surface area contributed by atoms with E-state index in [1.54, 1.807) is 0 Å². The summed E-state index contributed by atoms with van der Waals surface area (Å²) < 4.78 is 0.750. The molecule has 2 aromatic heterocycles. The summed E-state index contributed by atoms with van der Waals surface area (Å²) in [4.78, 5) is 9.89. The molecule has 0 aliphatic heterocycles. The number of rotatable bonds is 2. The lowest BCUT2D eigenvalue weighted by atomic mass is 10.1. The smallest absolute Gasteiger partial charge is 0.136 e. The average Bonchev–Trinajstić information content (AvgIpc) is 2.68. The second kappa shape index (κ2) is 4.92. The number of halogens is 2. The van der Waals surface area contributed by atoms with E-state index in [1.807, 2.05) is 32.9 Å². The quantitative estimate of drug-likeness (QED) is 0.731. The average molecular weight is 287 g/mol. The van der Waals surface area contributed by atoms with Crippen molar-refractivity contribution in [1.82, 2.24) is 9.97 Å². The van der Waals surface area contributed by atoms with E-state index in [-0.39, 0.29) is 5.92 Å². The summed E-state index contributed by atoms with van der Waals surface area (Å²) in [5.74, 6) is 1.02. The van der Waals surface area contributed by atoms with Crippen LogP contribution in [0, 0.1) is 6.92 Å². The molecule has 0 saturated carbocycles. The third kappa shape index (κ3) is 2.62. The summed E-state index contributed by atoms with van der Waals surface area (Å²) in [6.45, 7) is 6.02. The lowest BCUT2D eigenvalue weighted by molar-refractivity contribution is 0.774. The topological polar surface area (TPSA) is 25.8 Å². The van der Waals surface area contributed by atoms with Crippen LogP contribution in [-0.4, -0.2) is 9.97 Å². The molecule has 2 rings (SSSR count). The molecule has 0 aromatic carbocycles.